The standard InChI is InChI=1S/C29H36O2.2C2H6/c1-5-19-15-26-24-12-10-21-14-22(31)11-13-23(21)27(24)25(20-8-6-17(2)7-9-20)16-29(26,4)28(19)18(3)30;2*1-2/h6-9,14,19,24-26,28H,5,10-13,15-16H2,1-4H3;2*1-2H3/t19-,24?,25?,26?,28?,29?;;/m1../s1. The Morgan fingerprint density at radius 1 is 1.03 bits per heavy atom. The van der Waals surface area contributed by atoms with Gasteiger partial charge in [0.15, 0.2) is 5.78 Å². The minimum atomic E-state index is 0.0719. The number of hydrogen-bond donors (Lipinski definition) is 0. The van der Waals surface area contributed by atoms with E-state index in [0.717, 1.165) is 32.1 Å². The van der Waals surface area contributed by atoms with Gasteiger partial charge in [0.2, 0.25) is 0 Å². The van der Waals surface area contributed by atoms with Crippen molar-refractivity contribution in [2.24, 2.45) is 29.1 Å². The van der Waals surface area contributed by atoms with Gasteiger partial charge in [0.1, 0.15) is 5.78 Å². The molecule has 0 aromatic heterocycles. The van der Waals surface area contributed by atoms with Crippen LogP contribution in [0.25, 0.3) is 0 Å². The van der Waals surface area contributed by atoms with E-state index in [2.05, 4.69) is 45.0 Å². The predicted octanol–water partition coefficient (Wildman–Crippen LogP) is 8.79. The van der Waals surface area contributed by atoms with Crippen LogP contribution in [-0.4, -0.2) is 11.6 Å². The first-order chi connectivity index (χ1) is 16.8. The third-order valence-corrected chi connectivity index (χ3v) is 9.35. The van der Waals surface area contributed by atoms with Crippen LogP contribution in [0.3, 0.4) is 0 Å². The molecule has 0 spiro atoms. The van der Waals surface area contributed by atoms with E-state index in [1.54, 1.807) is 5.57 Å². The molecule has 192 valence electrons. The summed E-state index contributed by atoms with van der Waals surface area (Å²) in [6.45, 7) is 16.7. The number of allylic oxidation sites excluding steroid dienone is 4. The number of carbonyl (C=O) groups is 2. The number of Topliss-reactive ketones (excluding diaryl/α,β-unsaturated/α-hetero) is 1. The maximum atomic E-state index is 12.9. The van der Waals surface area contributed by atoms with Crippen LogP contribution in [0.2, 0.25) is 0 Å². The van der Waals surface area contributed by atoms with Crippen molar-refractivity contribution in [2.45, 2.75) is 106 Å². The van der Waals surface area contributed by atoms with Crippen molar-refractivity contribution in [1.29, 1.82) is 0 Å². The minimum Gasteiger partial charge on any atom is -0.300 e. The van der Waals surface area contributed by atoms with Crippen molar-refractivity contribution in [3.8, 4) is 0 Å². The number of fused-ring (bicyclic) bond motifs is 4. The van der Waals surface area contributed by atoms with Crippen molar-refractivity contribution < 1.29 is 9.59 Å². The largest absolute Gasteiger partial charge is 0.300 e. The molecule has 4 aliphatic carbocycles. The lowest BCUT2D eigenvalue weighted by molar-refractivity contribution is -0.126. The van der Waals surface area contributed by atoms with Crippen LogP contribution < -0.4 is 0 Å². The summed E-state index contributed by atoms with van der Waals surface area (Å²) in [6, 6.07) is 9.10. The molecule has 2 heteroatoms. The van der Waals surface area contributed by atoms with Crippen molar-refractivity contribution in [1.82, 2.24) is 0 Å². The van der Waals surface area contributed by atoms with E-state index < -0.39 is 0 Å². The monoisotopic (exact) mass is 476 g/mol. The predicted molar refractivity (Wildman–Crippen MR) is 147 cm³/mol. The van der Waals surface area contributed by atoms with E-state index in [-0.39, 0.29) is 11.3 Å². The van der Waals surface area contributed by atoms with Gasteiger partial charge in [-0.1, -0.05) is 83.4 Å². The fourth-order valence-corrected chi connectivity index (χ4v) is 8.14. The number of hydrogen-bond acceptors (Lipinski definition) is 2. The van der Waals surface area contributed by atoms with Gasteiger partial charge in [-0.25, -0.2) is 0 Å². The average molecular weight is 477 g/mol. The number of carbonyl (C=O) groups excluding carboxylic acids is 2. The average Bonchev–Trinajstić information content (AvgIpc) is 3.18. The van der Waals surface area contributed by atoms with Crippen molar-refractivity contribution in [3.05, 3.63) is 58.2 Å². The van der Waals surface area contributed by atoms with E-state index in [1.807, 2.05) is 40.7 Å². The smallest absolute Gasteiger partial charge is 0.156 e. The molecule has 35 heavy (non-hydrogen) atoms. The second-order valence-corrected chi connectivity index (χ2v) is 11.0. The van der Waals surface area contributed by atoms with E-state index in [9.17, 15) is 9.59 Å². The van der Waals surface area contributed by atoms with Gasteiger partial charge in [0.25, 0.3) is 0 Å². The summed E-state index contributed by atoms with van der Waals surface area (Å²) in [7, 11) is 0. The molecule has 2 saturated carbocycles. The molecule has 1 aromatic carbocycles. The molecule has 2 fully saturated rings. The topological polar surface area (TPSA) is 34.1 Å². The summed E-state index contributed by atoms with van der Waals surface area (Å²) in [4.78, 5) is 25.1. The highest BCUT2D eigenvalue weighted by Gasteiger charge is 2.60. The van der Waals surface area contributed by atoms with Gasteiger partial charge in [-0.05, 0) is 91.9 Å². The van der Waals surface area contributed by atoms with E-state index >= 15 is 0 Å². The third-order valence-electron chi connectivity index (χ3n) is 9.35. The summed E-state index contributed by atoms with van der Waals surface area (Å²) in [6.07, 6.45) is 9.05. The molecular weight excluding hydrogens is 428 g/mol. The second-order valence-electron chi connectivity index (χ2n) is 11.0. The Morgan fingerprint density at radius 3 is 2.29 bits per heavy atom. The van der Waals surface area contributed by atoms with Gasteiger partial charge < -0.3 is 0 Å². The highest BCUT2D eigenvalue weighted by molar-refractivity contribution is 5.93. The Balaban J connectivity index is 0.000000815. The molecule has 0 heterocycles. The summed E-state index contributed by atoms with van der Waals surface area (Å²) in [5.74, 6) is 2.92. The Hall–Kier alpha value is -1.96. The van der Waals surface area contributed by atoms with Crippen LogP contribution >= 0.6 is 0 Å². The van der Waals surface area contributed by atoms with Gasteiger partial charge in [-0.2, -0.15) is 0 Å². The molecule has 0 bridgehead atoms. The molecule has 5 rings (SSSR count). The summed E-state index contributed by atoms with van der Waals surface area (Å²) in [5.41, 5.74) is 7.22. The molecule has 0 aliphatic heterocycles. The molecule has 1 aromatic rings. The third kappa shape index (κ3) is 4.87. The number of rotatable bonds is 3. The van der Waals surface area contributed by atoms with E-state index in [0.29, 0.717) is 41.7 Å². The van der Waals surface area contributed by atoms with Gasteiger partial charge in [0, 0.05) is 18.3 Å². The molecule has 4 aliphatic rings. The lowest BCUT2D eigenvalue weighted by Gasteiger charge is -2.52. The molecule has 0 radical (unpaired) electrons. The Labute approximate surface area is 214 Å². The van der Waals surface area contributed by atoms with Gasteiger partial charge in [0.05, 0.1) is 0 Å². The van der Waals surface area contributed by atoms with Crippen molar-refractivity contribution in [2.75, 3.05) is 0 Å². The van der Waals surface area contributed by atoms with Crippen molar-refractivity contribution >= 4 is 11.6 Å². The van der Waals surface area contributed by atoms with Crippen LogP contribution in [-0.2, 0) is 9.59 Å². The number of ketones is 2. The maximum absolute atomic E-state index is 12.9. The van der Waals surface area contributed by atoms with Gasteiger partial charge in [-0.15, -0.1) is 0 Å². The Morgan fingerprint density at radius 2 is 1.69 bits per heavy atom. The minimum absolute atomic E-state index is 0.0719. The molecular formula is C33H48O2. The maximum Gasteiger partial charge on any atom is 0.156 e. The Bertz CT molecular complexity index is 979. The van der Waals surface area contributed by atoms with Crippen molar-refractivity contribution in [3.63, 3.8) is 0 Å². The number of aryl methyl sites for hydroxylation is 1. The molecule has 0 amide bonds. The van der Waals surface area contributed by atoms with Crippen LogP contribution in [0, 0.1) is 36.0 Å². The highest BCUT2D eigenvalue weighted by atomic mass is 16.1. The second kappa shape index (κ2) is 11.4. The highest BCUT2D eigenvalue weighted by Crippen LogP contribution is 2.67. The lowest BCUT2D eigenvalue weighted by atomic mass is 9.51. The van der Waals surface area contributed by atoms with E-state index in [4.69, 9.17) is 0 Å². The number of benzene rings is 1. The summed E-state index contributed by atoms with van der Waals surface area (Å²) in [5, 5.41) is 0. The van der Waals surface area contributed by atoms with Crippen LogP contribution in [0.1, 0.15) is 110 Å². The zero-order valence-electron chi connectivity index (χ0n) is 23.5. The van der Waals surface area contributed by atoms with Crippen LogP contribution in [0.4, 0.5) is 0 Å². The lowest BCUT2D eigenvalue weighted by Crippen LogP contribution is -2.45. The van der Waals surface area contributed by atoms with Crippen LogP contribution in [0.5, 0.6) is 0 Å². The molecule has 6 atom stereocenters. The fraction of sp³-hybridized carbons (Fsp3) is 0.636. The first kappa shape index (κ1) is 27.6. The van der Waals surface area contributed by atoms with Gasteiger partial charge in [-0.3, -0.25) is 9.59 Å². The fourth-order valence-electron chi connectivity index (χ4n) is 8.14. The molecule has 5 unspecified atom stereocenters. The first-order valence-corrected chi connectivity index (χ1v) is 14.4. The Kier molecular flexibility index (Phi) is 9.00. The SMILES string of the molecule is CC.CC.CC[C@@H]1CC2C3CCC4=CC(=O)CCC4=C3C(c3ccc(C)cc3)CC2(C)C1C(C)=O. The molecule has 2 nitrogen and oxygen atoms in total. The summed E-state index contributed by atoms with van der Waals surface area (Å²) < 4.78 is 0. The first-order valence-electron chi connectivity index (χ1n) is 14.4. The van der Waals surface area contributed by atoms with E-state index in [1.165, 1.54) is 28.7 Å². The zero-order chi connectivity index (χ0) is 25.9. The zero-order valence-corrected chi connectivity index (χ0v) is 23.5. The summed E-state index contributed by atoms with van der Waals surface area (Å²) >= 11 is 0. The normalized spacial score (nSPS) is 33.2. The van der Waals surface area contributed by atoms with Gasteiger partial charge >= 0.3 is 0 Å². The molecule has 0 N–H and O–H groups in total. The van der Waals surface area contributed by atoms with Crippen LogP contribution in [0.15, 0.2) is 47.1 Å². The quantitative estimate of drug-likeness (QED) is 0.437. The molecule has 0 saturated heterocycles.